The van der Waals surface area contributed by atoms with Crippen LogP contribution in [-0.2, 0) is 10.0 Å². The Kier molecular flexibility index (Phi) is 3.67. The lowest BCUT2D eigenvalue weighted by Gasteiger charge is -2.12. The number of para-hydroxylation sites is 1. The van der Waals surface area contributed by atoms with E-state index in [4.69, 9.17) is 5.73 Å². The van der Waals surface area contributed by atoms with Crippen LogP contribution < -0.4 is 10.5 Å². The van der Waals surface area contributed by atoms with Crippen molar-refractivity contribution >= 4 is 21.4 Å². The van der Waals surface area contributed by atoms with E-state index in [9.17, 15) is 12.8 Å². The Morgan fingerprint density at radius 3 is 2.40 bits per heavy atom. The first-order chi connectivity index (χ1) is 9.31. The Balaban J connectivity index is 2.47. The molecule has 2 aromatic carbocycles. The fraction of sp³-hybridized carbons (Fsp3) is 0.143. The van der Waals surface area contributed by atoms with Crippen molar-refractivity contribution in [1.82, 2.24) is 0 Å². The van der Waals surface area contributed by atoms with Crippen LogP contribution in [0.2, 0.25) is 0 Å². The van der Waals surface area contributed by atoms with Crippen LogP contribution in [0.1, 0.15) is 11.1 Å². The number of sulfonamides is 1. The van der Waals surface area contributed by atoms with Gasteiger partial charge in [0.1, 0.15) is 10.7 Å². The van der Waals surface area contributed by atoms with E-state index in [0.717, 1.165) is 17.7 Å². The van der Waals surface area contributed by atoms with E-state index >= 15 is 0 Å². The van der Waals surface area contributed by atoms with Crippen molar-refractivity contribution in [3.8, 4) is 0 Å². The van der Waals surface area contributed by atoms with Gasteiger partial charge in [-0.2, -0.15) is 0 Å². The zero-order valence-electron chi connectivity index (χ0n) is 11.1. The zero-order valence-corrected chi connectivity index (χ0v) is 12.0. The molecule has 0 aliphatic carbocycles. The third-order valence-electron chi connectivity index (χ3n) is 3.00. The van der Waals surface area contributed by atoms with Gasteiger partial charge in [0.15, 0.2) is 0 Å². The molecular formula is C14H15FN2O2S. The SMILES string of the molecule is Cc1cc(F)c(S(=O)(=O)Nc2ccccc2C)cc1N. The van der Waals surface area contributed by atoms with E-state index < -0.39 is 20.7 Å². The van der Waals surface area contributed by atoms with Crippen LogP contribution in [0.25, 0.3) is 0 Å². The summed E-state index contributed by atoms with van der Waals surface area (Å²) < 4.78 is 40.7. The summed E-state index contributed by atoms with van der Waals surface area (Å²) in [4.78, 5) is -0.455. The maximum absolute atomic E-state index is 13.9. The van der Waals surface area contributed by atoms with Gasteiger partial charge in [0, 0.05) is 5.69 Å². The van der Waals surface area contributed by atoms with Crippen molar-refractivity contribution in [2.45, 2.75) is 18.7 Å². The Labute approximate surface area is 117 Å². The molecule has 0 aliphatic heterocycles. The quantitative estimate of drug-likeness (QED) is 0.855. The first-order valence-corrected chi connectivity index (χ1v) is 7.43. The summed E-state index contributed by atoms with van der Waals surface area (Å²) in [6, 6.07) is 9.11. The lowest BCUT2D eigenvalue weighted by atomic mass is 10.2. The van der Waals surface area contributed by atoms with Gasteiger partial charge in [0.25, 0.3) is 10.0 Å². The molecule has 0 saturated carbocycles. The molecule has 0 unspecified atom stereocenters. The van der Waals surface area contributed by atoms with Crippen molar-refractivity contribution in [2.75, 3.05) is 10.5 Å². The van der Waals surface area contributed by atoms with Crippen molar-refractivity contribution in [1.29, 1.82) is 0 Å². The van der Waals surface area contributed by atoms with Crippen LogP contribution in [0.4, 0.5) is 15.8 Å². The van der Waals surface area contributed by atoms with Gasteiger partial charge < -0.3 is 5.73 Å². The largest absolute Gasteiger partial charge is 0.398 e. The van der Waals surface area contributed by atoms with E-state index in [1.807, 2.05) is 0 Å². The van der Waals surface area contributed by atoms with E-state index in [1.54, 1.807) is 38.1 Å². The lowest BCUT2D eigenvalue weighted by Crippen LogP contribution is -2.16. The number of nitrogens with two attached hydrogens (primary N) is 1. The Bertz CT molecular complexity index is 758. The molecular weight excluding hydrogens is 279 g/mol. The number of benzene rings is 2. The third-order valence-corrected chi connectivity index (χ3v) is 4.38. The maximum atomic E-state index is 13.9. The highest BCUT2D eigenvalue weighted by Gasteiger charge is 2.21. The molecule has 0 aliphatic rings. The second kappa shape index (κ2) is 5.13. The average molecular weight is 294 g/mol. The van der Waals surface area contributed by atoms with Crippen LogP contribution in [-0.4, -0.2) is 8.42 Å². The van der Waals surface area contributed by atoms with Crippen molar-refractivity contribution in [3.63, 3.8) is 0 Å². The molecule has 0 bridgehead atoms. The second-order valence-corrected chi connectivity index (χ2v) is 6.21. The molecule has 0 radical (unpaired) electrons. The predicted octanol–water partition coefficient (Wildman–Crippen LogP) is 2.83. The molecule has 106 valence electrons. The number of hydrogen-bond donors (Lipinski definition) is 2. The lowest BCUT2D eigenvalue weighted by molar-refractivity contribution is 0.570. The third kappa shape index (κ3) is 2.75. The molecule has 3 N–H and O–H groups in total. The summed E-state index contributed by atoms with van der Waals surface area (Å²) in [5.41, 5.74) is 7.54. The fourth-order valence-corrected chi connectivity index (χ4v) is 2.99. The van der Waals surface area contributed by atoms with Gasteiger partial charge in [0.05, 0.1) is 5.69 Å². The van der Waals surface area contributed by atoms with Crippen molar-refractivity contribution < 1.29 is 12.8 Å². The minimum absolute atomic E-state index is 0.233. The Morgan fingerprint density at radius 1 is 1.10 bits per heavy atom. The summed E-state index contributed by atoms with van der Waals surface area (Å²) in [6.07, 6.45) is 0. The van der Waals surface area contributed by atoms with Gasteiger partial charge in [-0.15, -0.1) is 0 Å². The Hall–Kier alpha value is -2.08. The van der Waals surface area contributed by atoms with E-state index in [1.165, 1.54) is 0 Å². The summed E-state index contributed by atoms with van der Waals surface area (Å²) in [6.45, 7) is 3.38. The molecule has 20 heavy (non-hydrogen) atoms. The fourth-order valence-electron chi connectivity index (χ4n) is 1.76. The van der Waals surface area contributed by atoms with E-state index in [-0.39, 0.29) is 5.69 Å². The maximum Gasteiger partial charge on any atom is 0.264 e. The molecule has 0 amide bonds. The average Bonchev–Trinajstić information content (AvgIpc) is 2.36. The molecule has 0 heterocycles. The smallest absolute Gasteiger partial charge is 0.264 e. The number of nitrogen functional groups attached to an aromatic ring is 1. The highest BCUT2D eigenvalue weighted by Crippen LogP contribution is 2.24. The van der Waals surface area contributed by atoms with Crippen molar-refractivity contribution in [2.24, 2.45) is 0 Å². The molecule has 0 atom stereocenters. The Morgan fingerprint density at radius 2 is 1.75 bits per heavy atom. The predicted molar refractivity (Wildman–Crippen MR) is 77.5 cm³/mol. The molecule has 0 saturated heterocycles. The highest BCUT2D eigenvalue weighted by molar-refractivity contribution is 7.92. The monoisotopic (exact) mass is 294 g/mol. The standard InChI is InChI=1S/C14H15FN2O2S/c1-9-5-3-4-6-13(9)17-20(18,19)14-8-12(16)10(2)7-11(14)15/h3-8,17H,16H2,1-2H3. The number of aryl methyl sites for hydroxylation is 2. The second-order valence-electron chi connectivity index (χ2n) is 4.56. The number of anilines is 2. The van der Waals surface area contributed by atoms with Gasteiger partial charge in [-0.05, 0) is 43.2 Å². The van der Waals surface area contributed by atoms with Crippen LogP contribution >= 0.6 is 0 Å². The molecule has 6 heteroatoms. The van der Waals surface area contributed by atoms with Gasteiger partial charge in [-0.3, -0.25) is 4.72 Å². The topological polar surface area (TPSA) is 72.2 Å². The molecule has 2 rings (SSSR count). The van der Waals surface area contributed by atoms with Gasteiger partial charge >= 0.3 is 0 Å². The minimum Gasteiger partial charge on any atom is -0.398 e. The van der Waals surface area contributed by atoms with Crippen LogP contribution in [0.15, 0.2) is 41.3 Å². The summed E-state index contributed by atoms with van der Waals surface area (Å²) in [7, 11) is -4.01. The molecule has 2 aromatic rings. The zero-order chi connectivity index (χ0) is 14.9. The normalized spacial score (nSPS) is 11.3. The molecule has 0 aromatic heterocycles. The van der Waals surface area contributed by atoms with Gasteiger partial charge in [0.2, 0.25) is 0 Å². The molecule has 4 nitrogen and oxygen atoms in total. The first-order valence-electron chi connectivity index (χ1n) is 5.95. The number of nitrogens with one attached hydrogen (secondary N) is 1. The van der Waals surface area contributed by atoms with Crippen molar-refractivity contribution in [3.05, 3.63) is 53.3 Å². The highest BCUT2D eigenvalue weighted by atomic mass is 32.2. The van der Waals surface area contributed by atoms with Crippen LogP contribution in [0.3, 0.4) is 0 Å². The summed E-state index contributed by atoms with van der Waals surface area (Å²) >= 11 is 0. The number of hydrogen-bond acceptors (Lipinski definition) is 3. The van der Waals surface area contributed by atoms with E-state index in [0.29, 0.717) is 11.3 Å². The molecule has 0 spiro atoms. The summed E-state index contributed by atoms with van der Waals surface area (Å²) in [5.74, 6) is -0.821. The van der Waals surface area contributed by atoms with Gasteiger partial charge in [-0.25, -0.2) is 12.8 Å². The van der Waals surface area contributed by atoms with Gasteiger partial charge in [-0.1, -0.05) is 18.2 Å². The van der Waals surface area contributed by atoms with E-state index in [2.05, 4.69) is 4.72 Å². The first kappa shape index (κ1) is 14.3. The number of rotatable bonds is 3. The summed E-state index contributed by atoms with van der Waals surface area (Å²) in [5, 5.41) is 0. The number of halogens is 1. The van der Waals surface area contributed by atoms with Crippen LogP contribution in [0.5, 0.6) is 0 Å². The molecule has 0 fully saturated rings. The minimum atomic E-state index is -4.01. The van der Waals surface area contributed by atoms with Crippen LogP contribution in [0, 0.1) is 19.7 Å².